The molecule has 0 aliphatic carbocycles. The monoisotopic (exact) mass is 448 g/mol. The molecule has 0 aliphatic rings. The third kappa shape index (κ3) is 5.77. The molecule has 2 aromatic heterocycles. The fraction of sp³-hybridized carbons (Fsp3) is 0.286. The van der Waals surface area contributed by atoms with Gasteiger partial charge in [0, 0.05) is 6.07 Å². The summed E-state index contributed by atoms with van der Waals surface area (Å²) in [5, 5.41) is 21.0. The van der Waals surface area contributed by atoms with Gasteiger partial charge in [-0.25, -0.2) is 23.7 Å². The molecule has 0 saturated heterocycles. The van der Waals surface area contributed by atoms with Gasteiger partial charge in [0.2, 0.25) is 11.8 Å². The number of rotatable bonds is 10. The lowest BCUT2D eigenvalue weighted by molar-refractivity contribution is 0.0521. The molecular weight excluding hydrogens is 426 g/mol. The van der Waals surface area contributed by atoms with Crippen LogP contribution < -0.4 is 19.5 Å². The van der Waals surface area contributed by atoms with Gasteiger partial charge < -0.3 is 29.7 Å². The molecule has 0 radical (unpaired) electrons. The Morgan fingerprint density at radius 1 is 1.06 bits per heavy atom. The van der Waals surface area contributed by atoms with Crippen LogP contribution in [0.1, 0.15) is 11.1 Å². The van der Waals surface area contributed by atoms with E-state index in [9.17, 15) is 13.9 Å². The second kappa shape index (κ2) is 10.6. The number of pyridine rings is 1. The standard InChI is InChI=1S/C21H22F2N4O5/c1-12-5-17(30-2)20(23)16(19(12)22)11-31-15-7-25-21(26-8-15)27-13-3-4-18(24-6-13)32-10-14(29)9-28/h3-8,14,28-29H,9-11H2,1-2H3,(H,25,26,27)/t14-/m0/s1. The fourth-order valence-electron chi connectivity index (χ4n) is 2.60. The van der Waals surface area contributed by atoms with Crippen LogP contribution in [-0.2, 0) is 6.61 Å². The van der Waals surface area contributed by atoms with Gasteiger partial charge in [-0.15, -0.1) is 0 Å². The van der Waals surface area contributed by atoms with Gasteiger partial charge >= 0.3 is 0 Å². The Morgan fingerprint density at radius 3 is 2.44 bits per heavy atom. The van der Waals surface area contributed by atoms with Crippen LogP contribution in [0.4, 0.5) is 20.4 Å². The van der Waals surface area contributed by atoms with Gasteiger partial charge in [0.1, 0.15) is 25.1 Å². The Morgan fingerprint density at radius 2 is 1.81 bits per heavy atom. The van der Waals surface area contributed by atoms with Crippen molar-refractivity contribution in [2.24, 2.45) is 0 Å². The number of nitrogens with one attached hydrogen (secondary N) is 1. The van der Waals surface area contributed by atoms with Crippen LogP contribution in [0.2, 0.25) is 0 Å². The third-order valence-electron chi connectivity index (χ3n) is 4.30. The molecule has 0 saturated carbocycles. The number of halogens is 2. The van der Waals surface area contributed by atoms with E-state index in [4.69, 9.17) is 19.3 Å². The average Bonchev–Trinajstić information content (AvgIpc) is 2.81. The Balaban J connectivity index is 1.58. The number of aromatic nitrogens is 3. The quantitative estimate of drug-likeness (QED) is 0.430. The number of aryl methyl sites for hydroxylation is 1. The minimum Gasteiger partial charge on any atom is -0.494 e. The summed E-state index contributed by atoms with van der Waals surface area (Å²) in [5.74, 6) is -0.834. The van der Waals surface area contributed by atoms with Crippen molar-refractivity contribution in [3.63, 3.8) is 0 Å². The fourth-order valence-corrected chi connectivity index (χ4v) is 2.60. The second-order valence-electron chi connectivity index (χ2n) is 6.69. The van der Waals surface area contributed by atoms with Gasteiger partial charge in [0.05, 0.1) is 43.6 Å². The molecule has 0 fully saturated rings. The van der Waals surface area contributed by atoms with Crippen molar-refractivity contribution in [2.45, 2.75) is 19.6 Å². The highest BCUT2D eigenvalue weighted by atomic mass is 19.1. The molecule has 1 atom stereocenters. The molecule has 0 amide bonds. The lowest BCUT2D eigenvalue weighted by atomic mass is 10.1. The van der Waals surface area contributed by atoms with Crippen molar-refractivity contribution in [1.82, 2.24) is 15.0 Å². The number of aliphatic hydroxyl groups is 2. The van der Waals surface area contributed by atoms with Crippen molar-refractivity contribution in [2.75, 3.05) is 25.6 Å². The average molecular weight is 448 g/mol. The van der Waals surface area contributed by atoms with Crippen LogP contribution >= 0.6 is 0 Å². The molecule has 1 aromatic carbocycles. The minimum absolute atomic E-state index is 0.0621. The maximum absolute atomic E-state index is 14.3. The molecular formula is C21H22F2N4O5. The Kier molecular flexibility index (Phi) is 7.68. The zero-order valence-electron chi connectivity index (χ0n) is 17.4. The predicted octanol–water partition coefficient (Wildman–Crippen LogP) is 2.52. The maximum atomic E-state index is 14.3. The summed E-state index contributed by atoms with van der Waals surface area (Å²) in [7, 11) is 1.30. The molecule has 170 valence electrons. The van der Waals surface area contributed by atoms with E-state index in [1.165, 1.54) is 38.7 Å². The van der Waals surface area contributed by atoms with E-state index in [1.807, 2.05) is 0 Å². The van der Waals surface area contributed by atoms with E-state index >= 15 is 0 Å². The molecule has 3 N–H and O–H groups in total. The summed E-state index contributed by atoms with van der Waals surface area (Å²) in [6.07, 6.45) is 3.22. The summed E-state index contributed by atoms with van der Waals surface area (Å²) >= 11 is 0. The minimum atomic E-state index is -0.982. The van der Waals surface area contributed by atoms with Crippen molar-refractivity contribution < 1.29 is 33.2 Å². The van der Waals surface area contributed by atoms with Crippen LogP contribution in [-0.4, -0.2) is 51.6 Å². The Bertz CT molecular complexity index is 1040. The van der Waals surface area contributed by atoms with Crippen molar-refractivity contribution in [1.29, 1.82) is 0 Å². The molecule has 0 bridgehead atoms. The van der Waals surface area contributed by atoms with Gasteiger partial charge in [-0.3, -0.25) is 0 Å². The lowest BCUT2D eigenvalue weighted by Crippen LogP contribution is -2.21. The number of benzene rings is 1. The Hall–Kier alpha value is -3.57. The van der Waals surface area contributed by atoms with E-state index in [-0.39, 0.29) is 47.7 Å². The van der Waals surface area contributed by atoms with E-state index in [0.29, 0.717) is 5.69 Å². The van der Waals surface area contributed by atoms with Crippen LogP contribution in [0.25, 0.3) is 0 Å². The van der Waals surface area contributed by atoms with Crippen molar-refractivity contribution in [3.8, 4) is 17.4 Å². The number of aliphatic hydroxyl groups excluding tert-OH is 2. The van der Waals surface area contributed by atoms with Gasteiger partial charge in [0.25, 0.3) is 0 Å². The SMILES string of the molecule is COc1cc(C)c(F)c(COc2cnc(Nc3ccc(OC[C@@H](O)CO)nc3)nc2)c1F. The van der Waals surface area contributed by atoms with Gasteiger partial charge in [-0.05, 0) is 24.6 Å². The number of methoxy groups -OCH3 is 1. The predicted molar refractivity (Wildman–Crippen MR) is 110 cm³/mol. The van der Waals surface area contributed by atoms with Crippen LogP contribution in [0.3, 0.4) is 0 Å². The summed E-state index contributed by atoms with van der Waals surface area (Å²) < 4.78 is 44.2. The zero-order valence-corrected chi connectivity index (χ0v) is 17.4. The number of nitrogens with zero attached hydrogens (tertiary/aromatic N) is 3. The maximum Gasteiger partial charge on any atom is 0.227 e. The highest BCUT2D eigenvalue weighted by molar-refractivity contribution is 5.52. The first-order valence-corrected chi connectivity index (χ1v) is 9.52. The summed E-state index contributed by atoms with van der Waals surface area (Å²) in [5.41, 5.74) is 0.570. The van der Waals surface area contributed by atoms with Gasteiger partial charge in [-0.2, -0.15) is 0 Å². The zero-order chi connectivity index (χ0) is 23.1. The smallest absolute Gasteiger partial charge is 0.227 e. The van der Waals surface area contributed by atoms with Crippen LogP contribution in [0, 0.1) is 18.6 Å². The third-order valence-corrected chi connectivity index (χ3v) is 4.30. The number of hydrogen-bond donors (Lipinski definition) is 3. The number of hydrogen-bond acceptors (Lipinski definition) is 9. The van der Waals surface area contributed by atoms with Gasteiger partial charge in [0.15, 0.2) is 17.3 Å². The largest absolute Gasteiger partial charge is 0.494 e. The molecule has 3 aromatic rings. The Labute approximate surface area is 182 Å². The van der Waals surface area contributed by atoms with E-state index in [0.717, 1.165) is 0 Å². The van der Waals surface area contributed by atoms with E-state index < -0.39 is 24.3 Å². The molecule has 32 heavy (non-hydrogen) atoms. The summed E-state index contributed by atoms with van der Waals surface area (Å²) in [6, 6.07) is 4.52. The molecule has 2 heterocycles. The van der Waals surface area contributed by atoms with Gasteiger partial charge in [-0.1, -0.05) is 0 Å². The van der Waals surface area contributed by atoms with E-state index in [2.05, 4.69) is 20.3 Å². The molecule has 0 unspecified atom stereocenters. The number of ether oxygens (including phenoxy) is 3. The molecule has 0 aliphatic heterocycles. The topological polar surface area (TPSA) is 119 Å². The van der Waals surface area contributed by atoms with Crippen LogP contribution in [0.15, 0.2) is 36.8 Å². The van der Waals surface area contributed by atoms with E-state index in [1.54, 1.807) is 12.1 Å². The first-order valence-electron chi connectivity index (χ1n) is 9.52. The normalized spacial score (nSPS) is 11.7. The second-order valence-corrected chi connectivity index (χ2v) is 6.69. The lowest BCUT2D eigenvalue weighted by Gasteiger charge is -2.12. The van der Waals surface area contributed by atoms with Crippen LogP contribution in [0.5, 0.6) is 17.4 Å². The van der Waals surface area contributed by atoms with Crippen molar-refractivity contribution in [3.05, 3.63) is 59.6 Å². The highest BCUT2D eigenvalue weighted by Crippen LogP contribution is 2.27. The number of anilines is 2. The summed E-state index contributed by atoms with van der Waals surface area (Å²) in [4.78, 5) is 12.3. The molecule has 3 rings (SSSR count). The molecule has 0 spiro atoms. The van der Waals surface area contributed by atoms with Crippen molar-refractivity contribution >= 4 is 11.6 Å². The molecule has 11 heteroatoms. The first-order chi connectivity index (χ1) is 15.4. The highest BCUT2D eigenvalue weighted by Gasteiger charge is 2.18. The molecule has 9 nitrogen and oxygen atoms in total. The first kappa shape index (κ1) is 23.1. The summed E-state index contributed by atoms with van der Waals surface area (Å²) in [6.45, 7) is 0.669.